The molecule has 31 heavy (non-hydrogen) atoms. The standard InChI is InChI=1S/C24H28ClN3O3/c1-16-3-5-18(6-4-16)15-22(26-17(2)29)23(30)27-21-11-13-28(14-12-21)24(31)19-7-9-20(25)10-8-19/h3-10,21-22H,11-15H2,1-2H3,(H,26,29)(H,27,30). The van der Waals surface area contributed by atoms with Gasteiger partial charge in [0.05, 0.1) is 0 Å². The quantitative estimate of drug-likeness (QED) is 0.722. The highest BCUT2D eigenvalue weighted by Gasteiger charge is 2.27. The van der Waals surface area contributed by atoms with E-state index in [2.05, 4.69) is 10.6 Å². The second kappa shape index (κ2) is 10.4. The van der Waals surface area contributed by atoms with Gasteiger partial charge >= 0.3 is 0 Å². The lowest BCUT2D eigenvalue weighted by Crippen LogP contribution is -2.53. The molecule has 1 aliphatic heterocycles. The summed E-state index contributed by atoms with van der Waals surface area (Å²) in [6.45, 7) is 4.55. The van der Waals surface area contributed by atoms with Crippen LogP contribution in [0.25, 0.3) is 0 Å². The fourth-order valence-corrected chi connectivity index (χ4v) is 3.84. The van der Waals surface area contributed by atoms with Crippen LogP contribution in [0.1, 0.15) is 41.3 Å². The smallest absolute Gasteiger partial charge is 0.253 e. The van der Waals surface area contributed by atoms with Gasteiger partial charge < -0.3 is 15.5 Å². The van der Waals surface area contributed by atoms with Gasteiger partial charge in [0.1, 0.15) is 6.04 Å². The molecule has 7 heteroatoms. The van der Waals surface area contributed by atoms with Crippen molar-refractivity contribution in [1.82, 2.24) is 15.5 Å². The zero-order valence-corrected chi connectivity index (χ0v) is 18.6. The molecule has 2 N–H and O–H groups in total. The topological polar surface area (TPSA) is 78.5 Å². The Morgan fingerprint density at radius 2 is 1.65 bits per heavy atom. The summed E-state index contributed by atoms with van der Waals surface area (Å²) in [5.41, 5.74) is 2.74. The van der Waals surface area contributed by atoms with E-state index in [-0.39, 0.29) is 23.8 Å². The Kier molecular flexibility index (Phi) is 7.69. The van der Waals surface area contributed by atoms with Crippen molar-refractivity contribution < 1.29 is 14.4 Å². The molecule has 3 rings (SSSR count). The highest BCUT2D eigenvalue weighted by atomic mass is 35.5. The minimum atomic E-state index is -0.631. The van der Waals surface area contributed by atoms with Gasteiger partial charge in [-0.2, -0.15) is 0 Å². The second-order valence-corrected chi connectivity index (χ2v) is 8.46. The lowest BCUT2D eigenvalue weighted by molar-refractivity contribution is -0.128. The summed E-state index contributed by atoms with van der Waals surface area (Å²) in [4.78, 5) is 38.9. The minimum absolute atomic E-state index is 0.0306. The fourth-order valence-electron chi connectivity index (χ4n) is 3.72. The van der Waals surface area contributed by atoms with E-state index < -0.39 is 6.04 Å². The first-order valence-corrected chi connectivity index (χ1v) is 10.9. The van der Waals surface area contributed by atoms with Gasteiger partial charge in [-0.15, -0.1) is 0 Å². The number of amides is 3. The third-order valence-electron chi connectivity index (χ3n) is 5.47. The molecule has 1 heterocycles. The molecule has 164 valence electrons. The van der Waals surface area contributed by atoms with Crippen molar-refractivity contribution in [3.8, 4) is 0 Å². The summed E-state index contributed by atoms with van der Waals surface area (Å²) in [7, 11) is 0. The number of piperidine rings is 1. The van der Waals surface area contributed by atoms with Crippen LogP contribution in [0.4, 0.5) is 0 Å². The Balaban J connectivity index is 1.55. The predicted octanol–water partition coefficient (Wildman–Crippen LogP) is 3.12. The summed E-state index contributed by atoms with van der Waals surface area (Å²) in [6.07, 6.45) is 1.77. The van der Waals surface area contributed by atoms with Crippen molar-refractivity contribution in [2.45, 2.75) is 45.2 Å². The maximum absolute atomic E-state index is 12.9. The van der Waals surface area contributed by atoms with Crippen molar-refractivity contribution in [2.75, 3.05) is 13.1 Å². The van der Waals surface area contributed by atoms with Crippen molar-refractivity contribution in [1.29, 1.82) is 0 Å². The molecule has 0 spiro atoms. The van der Waals surface area contributed by atoms with Gasteiger partial charge in [0.25, 0.3) is 5.91 Å². The molecule has 1 fully saturated rings. The van der Waals surface area contributed by atoms with Crippen molar-refractivity contribution in [3.63, 3.8) is 0 Å². The van der Waals surface area contributed by atoms with Crippen molar-refractivity contribution in [2.24, 2.45) is 0 Å². The summed E-state index contributed by atoms with van der Waals surface area (Å²) in [5, 5.41) is 6.41. The minimum Gasteiger partial charge on any atom is -0.351 e. The first-order chi connectivity index (χ1) is 14.8. The van der Waals surface area contributed by atoms with E-state index in [4.69, 9.17) is 11.6 Å². The molecular formula is C24H28ClN3O3. The molecule has 0 saturated carbocycles. The van der Waals surface area contributed by atoms with E-state index in [1.165, 1.54) is 6.92 Å². The number of nitrogens with one attached hydrogen (secondary N) is 2. The maximum atomic E-state index is 12.9. The van der Waals surface area contributed by atoms with Gasteiger partial charge in [0, 0.05) is 43.1 Å². The first-order valence-electron chi connectivity index (χ1n) is 10.5. The van der Waals surface area contributed by atoms with Crippen LogP contribution in [0.2, 0.25) is 5.02 Å². The van der Waals surface area contributed by atoms with Crippen LogP contribution in [0.3, 0.4) is 0 Å². The van der Waals surface area contributed by atoms with Crippen LogP contribution in [0, 0.1) is 6.92 Å². The average molecular weight is 442 g/mol. The van der Waals surface area contributed by atoms with Gasteiger partial charge in [-0.25, -0.2) is 0 Å². The lowest BCUT2D eigenvalue weighted by atomic mass is 10.0. The summed E-state index contributed by atoms with van der Waals surface area (Å²) in [5.74, 6) is -0.467. The molecule has 1 unspecified atom stereocenters. The molecule has 1 saturated heterocycles. The van der Waals surface area contributed by atoms with E-state index in [1.807, 2.05) is 31.2 Å². The summed E-state index contributed by atoms with van der Waals surface area (Å²) < 4.78 is 0. The molecule has 1 aliphatic rings. The van der Waals surface area contributed by atoms with Crippen molar-refractivity contribution >= 4 is 29.3 Å². The van der Waals surface area contributed by atoms with E-state index >= 15 is 0 Å². The molecule has 0 bridgehead atoms. The lowest BCUT2D eigenvalue weighted by Gasteiger charge is -2.33. The Bertz CT molecular complexity index is 920. The molecule has 6 nitrogen and oxygen atoms in total. The predicted molar refractivity (Wildman–Crippen MR) is 121 cm³/mol. The summed E-state index contributed by atoms with van der Waals surface area (Å²) in [6, 6.07) is 14.1. The number of carbonyl (C=O) groups is 3. The first kappa shape index (κ1) is 22.8. The molecule has 0 aromatic heterocycles. The van der Waals surface area contributed by atoms with E-state index in [0.29, 0.717) is 42.9 Å². The van der Waals surface area contributed by atoms with Crippen LogP contribution in [-0.4, -0.2) is 47.8 Å². The number of aryl methyl sites for hydroxylation is 1. The van der Waals surface area contributed by atoms with Gasteiger partial charge in [-0.05, 0) is 49.6 Å². The molecule has 2 aromatic rings. The van der Waals surface area contributed by atoms with Gasteiger partial charge in [0.15, 0.2) is 0 Å². The fraction of sp³-hybridized carbons (Fsp3) is 0.375. The molecule has 0 aliphatic carbocycles. The third kappa shape index (κ3) is 6.56. The second-order valence-electron chi connectivity index (χ2n) is 8.02. The number of hydrogen-bond acceptors (Lipinski definition) is 3. The Morgan fingerprint density at radius 1 is 1.03 bits per heavy atom. The van der Waals surface area contributed by atoms with E-state index in [0.717, 1.165) is 11.1 Å². The highest BCUT2D eigenvalue weighted by Crippen LogP contribution is 2.16. The van der Waals surface area contributed by atoms with E-state index in [1.54, 1.807) is 29.2 Å². The number of benzene rings is 2. The SMILES string of the molecule is CC(=O)NC(Cc1ccc(C)cc1)C(=O)NC1CCN(C(=O)c2ccc(Cl)cc2)CC1. The van der Waals surface area contributed by atoms with E-state index in [9.17, 15) is 14.4 Å². The number of hydrogen-bond donors (Lipinski definition) is 2. The van der Waals surface area contributed by atoms with Gasteiger partial charge in [0.2, 0.25) is 11.8 Å². The highest BCUT2D eigenvalue weighted by molar-refractivity contribution is 6.30. The Labute approximate surface area is 188 Å². The van der Waals surface area contributed by atoms with Gasteiger partial charge in [-0.1, -0.05) is 41.4 Å². The Morgan fingerprint density at radius 3 is 2.23 bits per heavy atom. The number of likely N-dealkylation sites (tertiary alicyclic amines) is 1. The maximum Gasteiger partial charge on any atom is 0.253 e. The summed E-state index contributed by atoms with van der Waals surface area (Å²) >= 11 is 5.89. The third-order valence-corrected chi connectivity index (χ3v) is 5.73. The van der Waals surface area contributed by atoms with Crippen LogP contribution < -0.4 is 10.6 Å². The number of nitrogens with zero attached hydrogens (tertiary/aromatic N) is 1. The molecule has 3 amide bonds. The van der Waals surface area contributed by atoms with Crippen LogP contribution in [-0.2, 0) is 16.0 Å². The number of halogens is 1. The van der Waals surface area contributed by atoms with Gasteiger partial charge in [-0.3, -0.25) is 14.4 Å². The molecular weight excluding hydrogens is 414 g/mol. The van der Waals surface area contributed by atoms with Crippen LogP contribution >= 0.6 is 11.6 Å². The zero-order chi connectivity index (χ0) is 22.4. The number of carbonyl (C=O) groups excluding carboxylic acids is 3. The number of rotatable bonds is 6. The average Bonchev–Trinajstić information content (AvgIpc) is 2.75. The van der Waals surface area contributed by atoms with Crippen LogP contribution in [0.15, 0.2) is 48.5 Å². The molecule has 0 radical (unpaired) electrons. The van der Waals surface area contributed by atoms with Crippen LogP contribution in [0.5, 0.6) is 0 Å². The van der Waals surface area contributed by atoms with Crippen molar-refractivity contribution in [3.05, 3.63) is 70.2 Å². The molecule has 1 atom stereocenters. The molecule has 2 aromatic carbocycles. The zero-order valence-electron chi connectivity index (χ0n) is 17.9. The monoisotopic (exact) mass is 441 g/mol. The Hall–Kier alpha value is -2.86. The normalized spacial score (nSPS) is 15.3. The largest absolute Gasteiger partial charge is 0.351 e.